The van der Waals surface area contributed by atoms with Crippen molar-refractivity contribution in [1.82, 2.24) is 19.9 Å². The molecule has 0 aliphatic carbocycles. The van der Waals surface area contributed by atoms with Crippen molar-refractivity contribution in [3.05, 3.63) is 29.6 Å². The summed E-state index contributed by atoms with van der Waals surface area (Å²) in [7, 11) is 1.64. The molecule has 0 spiro atoms. The van der Waals surface area contributed by atoms with Gasteiger partial charge in [-0.2, -0.15) is 0 Å². The van der Waals surface area contributed by atoms with E-state index in [9.17, 15) is 0 Å². The van der Waals surface area contributed by atoms with Gasteiger partial charge in [-0.1, -0.05) is 0 Å². The lowest BCUT2D eigenvalue weighted by molar-refractivity contribution is 0.415. The van der Waals surface area contributed by atoms with Gasteiger partial charge in [0.05, 0.1) is 18.1 Å². The number of aromatic amines is 1. The predicted molar refractivity (Wildman–Crippen MR) is 82.7 cm³/mol. The molecule has 0 bridgehead atoms. The Bertz CT molecular complexity index is 814. The third kappa shape index (κ3) is 2.64. The molecule has 0 unspecified atom stereocenters. The van der Waals surface area contributed by atoms with E-state index in [-0.39, 0.29) is 0 Å². The maximum absolute atomic E-state index is 5.88. The summed E-state index contributed by atoms with van der Waals surface area (Å²) in [5, 5.41) is 1.57. The molecule has 2 heterocycles. The molecule has 21 heavy (non-hydrogen) atoms. The first-order chi connectivity index (χ1) is 10.1. The minimum absolute atomic E-state index is 0.503. The number of aryl methyl sites for hydroxylation is 1. The van der Waals surface area contributed by atoms with Crippen molar-refractivity contribution in [2.75, 3.05) is 12.8 Å². The van der Waals surface area contributed by atoms with Gasteiger partial charge in [0.25, 0.3) is 0 Å². The van der Waals surface area contributed by atoms with Gasteiger partial charge >= 0.3 is 0 Å². The van der Waals surface area contributed by atoms with Crippen molar-refractivity contribution in [2.45, 2.75) is 24.0 Å². The summed E-state index contributed by atoms with van der Waals surface area (Å²) in [6.07, 6.45) is 0. The Morgan fingerprint density at radius 3 is 2.76 bits per heavy atom. The Morgan fingerprint density at radius 2 is 2.00 bits per heavy atom. The molecule has 0 radical (unpaired) electrons. The van der Waals surface area contributed by atoms with Crippen LogP contribution >= 0.6 is 11.8 Å². The van der Waals surface area contributed by atoms with Gasteiger partial charge in [0.1, 0.15) is 22.4 Å². The number of imidazole rings is 1. The number of fused-ring (bicyclic) bond motifs is 1. The zero-order valence-corrected chi connectivity index (χ0v) is 12.8. The first kappa shape index (κ1) is 13.7. The van der Waals surface area contributed by atoms with Crippen LogP contribution in [0.4, 0.5) is 5.82 Å². The maximum atomic E-state index is 5.88. The highest BCUT2D eigenvalue weighted by Gasteiger charge is 2.11. The largest absolute Gasteiger partial charge is 0.497 e. The molecule has 3 aromatic rings. The van der Waals surface area contributed by atoms with Crippen molar-refractivity contribution in [3.63, 3.8) is 0 Å². The average Bonchev–Trinajstić information content (AvgIpc) is 2.85. The Kier molecular flexibility index (Phi) is 3.42. The molecule has 0 aliphatic rings. The molecule has 6 nitrogen and oxygen atoms in total. The molecule has 0 atom stereocenters. The number of nitrogens with one attached hydrogen (secondary N) is 1. The molecule has 3 rings (SSSR count). The summed E-state index contributed by atoms with van der Waals surface area (Å²) in [6, 6.07) is 5.72. The van der Waals surface area contributed by atoms with Crippen molar-refractivity contribution in [1.29, 1.82) is 0 Å². The molecular weight excluding hydrogens is 286 g/mol. The monoisotopic (exact) mass is 301 g/mol. The van der Waals surface area contributed by atoms with E-state index in [0.717, 1.165) is 32.5 Å². The van der Waals surface area contributed by atoms with E-state index in [1.165, 1.54) is 11.8 Å². The molecule has 0 saturated carbocycles. The van der Waals surface area contributed by atoms with Gasteiger partial charge in [-0.05, 0) is 37.7 Å². The van der Waals surface area contributed by atoms with E-state index >= 15 is 0 Å². The van der Waals surface area contributed by atoms with Crippen molar-refractivity contribution >= 4 is 28.6 Å². The average molecular weight is 301 g/mol. The highest BCUT2D eigenvalue weighted by Crippen LogP contribution is 2.30. The van der Waals surface area contributed by atoms with Gasteiger partial charge in [-0.25, -0.2) is 15.0 Å². The number of methoxy groups -OCH3 is 1. The number of nitrogens with two attached hydrogens (primary N) is 1. The number of hydrogen-bond donors (Lipinski definition) is 2. The van der Waals surface area contributed by atoms with Gasteiger partial charge in [0.15, 0.2) is 5.16 Å². The van der Waals surface area contributed by atoms with Crippen LogP contribution in [0.1, 0.15) is 11.4 Å². The highest BCUT2D eigenvalue weighted by molar-refractivity contribution is 7.99. The normalized spacial score (nSPS) is 11.0. The SMILES string of the molecule is COc1ccc2nc(Sc3nc(C)nc(N)c3C)[nH]c2c1. The van der Waals surface area contributed by atoms with Crippen LogP contribution in [0.15, 0.2) is 28.4 Å². The zero-order valence-electron chi connectivity index (χ0n) is 12.0. The number of anilines is 1. The predicted octanol–water partition coefficient (Wildman–Crippen LogP) is 2.71. The zero-order chi connectivity index (χ0) is 15.0. The van der Waals surface area contributed by atoms with E-state index in [4.69, 9.17) is 10.5 Å². The lowest BCUT2D eigenvalue weighted by Gasteiger charge is -2.05. The molecule has 1 aromatic carbocycles. The van der Waals surface area contributed by atoms with Crippen LogP contribution in [0.25, 0.3) is 11.0 Å². The number of ether oxygens (including phenoxy) is 1. The number of rotatable bonds is 3. The smallest absolute Gasteiger partial charge is 0.172 e. The number of nitrogen functional groups attached to an aromatic ring is 1. The molecule has 3 N–H and O–H groups in total. The standard InChI is InChI=1S/C14H15N5OS/c1-7-12(15)16-8(2)17-13(7)21-14-18-10-5-4-9(20-3)6-11(10)19-14/h4-6H,1-3H3,(H,18,19)(H2,15,16,17). The lowest BCUT2D eigenvalue weighted by atomic mass is 10.3. The Morgan fingerprint density at radius 1 is 1.19 bits per heavy atom. The molecule has 108 valence electrons. The van der Waals surface area contributed by atoms with E-state index in [2.05, 4.69) is 19.9 Å². The number of nitrogens with zero attached hydrogens (tertiary/aromatic N) is 3. The minimum Gasteiger partial charge on any atom is -0.497 e. The van der Waals surface area contributed by atoms with Gasteiger partial charge in [-0.15, -0.1) is 0 Å². The summed E-state index contributed by atoms with van der Waals surface area (Å²) in [5.41, 5.74) is 8.55. The fourth-order valence-electron chi connectivity index (χ4n) is 1.96. The van der Waals surface area contributed by atoms with Crippen LogP contribution in [0, 0.1) is 13.8 Å². The second kappa shape index (κ2) is 5.25. The summed E-state index contributed by atoms with van der Waals surface area (Å²) >= 11 is 1.44. The van der Waals surface area contributed by atoms with Crippen LogP contribution in [-0.4, -0.2) is 27.0 Å². The topological polar surface area (TPSA) is 89.7 Å². The molecule has 2 aromatic heterocycles. The van der Waals surface area contributed by atoms with Crippen LogP contribution < -0.4 is 10.5 Å². The first-order valence-electron chi connectivity index (χ1n) is 6.39. The summed E-state index contributed by atoms with van der Waals surface area (Å²) in [4.78, 5) is 16.4. The van der Waals surface area contributed by atoms with Crippen LogP contribution in [-0.2, 0) is 0 Å². The molecule has 0 fully saturated rings. The summed E-state index contributed by atoms with van der Waals surface area (Å²) < 4.78 is 5.21. The van der Waals surface area contributed by atoms with E-state index < -0.39 is 0 Å². The van der Waals surface area contributed by atoms with Gasteiger partial charge < -0.3 is 15.5 Å². The van der Waals surface area contributed by atoms with Gasteiger partial charge in [0.2, 0.25) is 0 Å². The fraction of sp³-hybridized carbons (Fsp3) is 0.214. The maximum Gasteiger partial charge on any atom is 0.172 e. The number of H-pyrrole nitrogens is 1. The molecule has 0 amide bonds. The van der Waals surface area contributed by atoms with Crippen LogP contribution in [0.2, 0.25) is 0 Å². The molecular formula is C14H15N5OS. The second-order valence-corrected chi connectivity index (χ2v) is 5.59. The number of aromatic nitrogens is 4. The number of hydrogen-bond acceptors (Lipinski definition) is 6. The van der Waals surface area contributed by atoms with E-state index in [1.54, 1.807) is 7.11 Å². The minimum atomic E-state index is 0.503. The molecule has 0 saturated heterocycles. The Hall–Kier alpha value is -2.28. The quantitative estimate of drug-likeness (QED) is 0.723. The highest BCUT2D eigenvalue weighted by atomic mass is 32.2. The number of benzene rings is 1. The van der Waals surface area contributed by atoms with Crippen molar-refractivity contribution in [3.8, 4) is 5.75 Å². The van der Waals surface area contributed by atoms with Crippen molar-refractivity contribution < 1.29 is 4.74 Å². The third-order valence-electron chi connectivity index (χ3n) is 3.11. The molecule has 0 aliphatic heterocycles. The first-order valence-corrected chi connectivity index (χ1v) is 7.21. The van der Waals surface area contributed by atoms with E-state index in [0.29, 0.717) is 11.6 Å². The second-order valence-electron chi connectivity index (χ2n) is 4.61. The van der Waals surface area contributed by atoms with Gasteiger partial charge in [0, 0.05) is 11.6 Å². The van der Waals surface area contributed by atoms with Crippen LogP contribution in [0.5, 0.6) is 5.75 Å². The molecule has 7 heteroatoms. The summed E-state index contributed by atoms with van der Waals surface area (Å²) in [5.74, 6) is 1.95. The van der Waals surface area contributed by atoms with Gasteiger partial charge in [-0.3, -0.25) is 0 Å². The third-order valence-corrected chi connectivity index (χ3v) is 4.09. The van der Waals surface area contributed by atoms with Crippen LogP contribution in [0.3, 0.4) is 0 Å². The Labute approximate surface area is 126 Å². The summed E-state index contributed by atoms with van der Waals surface area (Å²) in [6.45, 7) is 3.73. The lowest BCUT2D eigenvalue weighted by Crippen LogP contribution is -2.01. The fourth-order valence-corrected chi connectivity index (χ4v) is 2.88. The Balaban J connectivity index is 1.98. The van der Waals surface area contributed by atoms with Crippen molar-refractivity contribution in [2.24, 2.45) is 0 Å². The van der Waals surface area contributed by atoms with E-state index in [1.807, 2.05) is 32.0 Å².